The Morgan fingerprint density at radius 1 is 1.17 bits per heavy atom. The Morgan fingerprint density at radius 2 is 1.96 bits per heavy atom. The highest BCUT2D eigenvalue weighted by molar-refractivity contribution is 6.03. The molecule has 0 unspecified atom stereocenters. The van der Waals surface area contributed by atoms with Gasteiger partial charge in [-0.05, 0) is 49.1 Å². The molecule has 6 nitrogen and oxygen atoms in total. The van der Waals surface area contributed by atoms with E-state index in [4.69, 9.17) is 10.5 Å². The molecule has 0 radical (unpaired) electrons. The largest absolute Gasteiger partial charge is 0.456 e. The third kappa shape index (κ3) is 3.75. The van der Waals surface area contributed by atoms with Crippen LogP contribution in [0.5, 0.6) is 0 Å². The fourth-order valence-electron chi connectivity index (χ4n) is 4.04. The molecular weight excluding hydrogens is 308 g/mol. The average molecular weight is 330 g/mol. The molecule has 2 amide bonds. The van der Waals surface area contributed by atoms with Crippen molar-refractivity contribution in [1.82, 2.24) is 0 Å². The molecule has 24 heavy (non-hydrogen) atoms. The molecule has 0 aromatic heterocycles. The number of esters is 1. The summed E-state index contributed by atoms with van der Waals surface area (Å²) < 4.78 is 5.08. The van der Waals surface area contributed by atoms with Crippen molar-refractivity contribution in [3.8, 4) is 0 Å². The molecule has 2 fully saturated rings. The van der Waals surface area contributed by atoms with Crippen LogP contribution in [0.4, 0.5) is 5.69 Å². The normalized spacial score (nSPS) is 24.6. The summed E-state index contributed by atoms with van der Waals surface area (Å²) in [7, 11) is 0. The SMILES string of the molecule is NC(=O)c1ccccc1NC(=O)COC(=O)C[C@H]1C[C@H]2CC[C@H]1C2. The number of para-hydroxylation sites is 1. The average Bonchev–Trinajstić information content (AvgIpc) is 3.16. The van der Waals surface area contributed by atoms with Crippen molar-refractivity contribution in [2.75, 3.05) is 11.9 Å². The molecule has 1 aromatic rings. The number of amides is 2. The summed E-state index contributed by atoms with van der Waals surface area (Å²) in [6.45, 7) is -0.354. The predicted octanol–water partition coefficient (Wildman–Crippen LogP) is 2.09. The van der Waals surface area contributed by atoms with Gasteiger partial charge >= 0.3 is 5.97 Å². The smallest absolute Gasteiger partial charge is 0.306 e. The molecule has 6 heteroatoms. The van der Waals surface area contributed by atoms with Gasteiger partial charge in [0.25, 0.3) is 11.8 Å². The number of hydrogen-bond acceptors (Lipinski definition) is 4. The van der Waals surface area contributed by atoms with Crippen LogP contribution in [0, 0.1) is 17.8 Å². The summed E-state index contributed by atoms with van der Waals surface area (Å²) in [5.41, 5.74) is 5.80. The molecule has 3 rings (SSSR count). The molecule has 2 saturated carbocycles. The summed E-state index contributed by atoms with van der Waals surface area (Å²) in [4.78, 5) is 35.2. The van der Waals surface area contributed by atoms with Gasteiger partial charge in [-0.25, -0.2) is 0 Å². The second kappa shape index (κ2) is 7.03. The molecule has 0 aliphatic heterocycles. The van der Waals surface area contributed by atoms with Crippen molar-refractivity contribution in [1.29, 1.82) is 0 Å². The number of nitrogens with one attached hydrogen (secondary N) is 1. The number of hydrogen-bond donors (Lipinski definition) is 2. The first-order chi connectivity index (χ1) is 11.5. The molecule has 2 bridgehead atoms. The second-order valence-corrected chi connectivity index (χ2v) is 6.76. The van der Waals surface area contributed by atoms with Crippen LogP contribution >= 0.6 is 0 Å². The Morgan fingerprint density at radius 3 is 2.62 bits per heavy atom. The van der Waals surface area contributed by atoms with Crippen LogP contribution < -0.4 is 11.1 Å². The summed E-state index contributed by atoms with van der Waals surface area (Å²) >= 11 is 0. The maximum atomic E-state index is 11.9. The van der Waals surface area contributed by atoms with Gasteiger partial charge in [0.05, 0.1) is 11.3 Å². The standard InChI is InChI=1S/C18H22N2O4/c19-18(23)14-3-1-2-4-15(14)20-16(21)10-24-17(22)9-13-8-11-5-6-12(13)7-11/h1-4,11-13H,5-10H2,(H2,19,23)(H,20,21)/t11-,12-,13+/m0/s1. The highest BCUT2D eigenvalue weighted by atomic mass is 16.5. The maximum absolute atomic E-state index is 11.9. The second-order valence-electron chi connectivity index (χ2n) is 6.76. The minimum Gasteiger partial charge on any atom is -0.456 e. The minimum atomic E-state index is -0.626. The van der Waals surface area contributed by atoms with E-state index in [0.717, 1.165) is 12.3 Å². The van der Waals surface area contributed by atoms with Crippen molar-refractivity contribution in [3.63, 3.8) is 0 Å². The molecule has 1 aromatic carbocycles. The van der Waals surface area contributed by atoms with E-state index in [1.807, 2.05) is 0 Å². The lowest BCUT2D eigenvalue weighted by Crippen LogP contribution is -2.24. The fraction of sp³-hybridized carbons (Fsp3) is 0.500. The number of nitrogens with two attached hydrogens (primary N) is 1. The zero-order valence-corrected chi connectivity index (χ0v) is 13.5. The quantitative estimate of drug-likeness (QED) is 0.780. The summed E-state index contributed by atoms with van der Waals surface area (Å²) in [5.74, 6) is 0.408. The number of carbonyl (C=O) groups is 3. The summed E-state index contributed by atoms with van der Waals surface area (Å²) in [6, 6.07) is 6.45. The monoisotopic (exact) mass is 330 g/mol. The third-order valence-corrected chi connectivity index (χ3v) is 5.14. The molecule has 3 N–H and O–H groups in total. The number of fused-ring (bicyclic) bond motifs is 2. The zero-order valence-electron chi connectivity index (χ0n) is 13.5. The Balaban J connectivity index is 1.46. The first kappa shape index (κ1) is 16.5. The lowest BCUT2D eigenvalue weighted by atomic mass is 9.86. The van der Waals surface area contributed by atoms with E-state index in [1.165, 1.54) is 25.3 Å². The zero-order chi connectivity index (χ0) is 17.1. The van der Waals surface area contributed by atoms with Crippen LogP contribution in [0.3, 0.4) is 0 Å². The van der Waals surface area contributed by atoms with Gasteiger partial charge in [0.2, 0.25) is 0 Å². The van der Waals surface area contributed by atoms with Crippen molar-refractivity contribution in [2.45, 2.75) is 32.1 Å². The van der Waals surface area contributed by atoms with E-state index in [2.05, 4.69) is 5.32 Å². The number of benzene rings is 1. The molecule has 2 aliphatic rings. The molecule has 0 heterocycles. The molecule has 3 atom stereocenters. The predicted molar refractivity (Wildman–Crippen MR) is 88.1 cm³/mol. The van der Waals surface area contributed by atoms with E-state index >= 15 is 0 Å². The van der Waals surface area contributed by atoms with E-state index in [1.54, 1.807) is 18.2 Å². The molecule has 2 aliphatic carbocycles. The topological polar surface area (TPSA) is 98.5 Å². The van der Waals surface area contributed by atoms with Crippen LogP contribution in [0.15, 0.2) is 24.3 Å². The first-order valence-corrected chi connectivity index (χ1v) is 8.37. The number of primary amides is 1. The highest BCUT2D eigenvalue weighted by Crippen LogP contribution is 2.49. The molecular formula is C18H22N2O4. The van der Waals surface area contributed by atoms with Crippen molar-refractivity contribution in [2.24, 2.45) is 23.5 Å². The lowest BCUT2D eigenvalue weighted by Gasteiger charge is -2.20. The van der Waals surface area contributed by atoms with Crippen LogP contribution in [0.25, 0.3) is 0 Å². The minimum absolute atomic E-state index is 0.221. The van der Waals surface area contributed by atoms with Crippen LogP contribution in [-0.4, -0.2) is 24.4 Å². The third-order valence-electron chi connectivity index (χ3n) is 5.14. The fourth-order valence-corrected chi connectivity index (χ4v) is 4.04. The van der Waals surface area contributed by atoms with Gasteiger partial charge in [0.15, 0.2) is 6.61 Å². The van der Waals surface area contributed by atoms with E-state index in [9.17, 15) is 14.4 Å². The Hall–Kier alpha value is -2.37. The van der Waals surface area contributed by atoms with Crippen LogP contribution in [0.1, 0.15) is 42.5 Å². The van der Waals surface area contributed by atoms with E-state index < -0.39 is 11.8 Å². The van der Waals surface area contributed by atoms with Gasteiger partial charge in [0, 0.05) is 6.42 Å². The number of anilines is 1. The molecule has 128 valence electrons. The van der Waals surface area contributed by atoms with E-state index in [0.29, 0.717) is 23.9 Å². The van der Waals surface area contributed by atoms with Gasteiger partial charge in [-0.3, -0.25) is 14.4 Å². The van der Waals surface area contributed by atoms with Gasteiger partial charge in [0.1, 0.15) is 0 Å². The van der Waals surface area contributed by atoms with Gasteiger partial charge in [-0.1, -0.05) is 18.6 Å². The van der Waals surface area contributed by atoms with E-state index in [-0.39, 0.29) is 18.1 Å². The Bertz CT molecular complexity index is 658. The van der Waals surface area contributed by atoms with Crippen LogP contribution in [0.2, 0.25) is 0 Å². The number of carbonyl (C=O) groups excluding carboxylic acids is 3. The number of ether oxygens (including phenoxy) is 1. The van der Waals surface area contributed by atoms with Crippen molar-refractivity contribution in [3.05, 3.63) is 29.8 Å². The molecule has 0 saturated heterocycles. The highest BCUT2D eigenvalue weighted by Gasteiger charge is 2.40. The first-order valence-electron chi connectivity index (χ1n) is 8.37. The summed E-state index contributed by atoms with van der Waals surface area (Å²) in [6.07, 6.45) is 5.25. The molecule has 0 spiro atoms. The van der Waals surface area contributed by atoms with Crippen molar-refractivity contribution < 1.29 is 19.1 Å². The Labute approximate surface area is 140 Å². The van der Waals surface area contributed by atoms with Crippen molar-refractivity contribution >= 4 is 23.5 Å². The van der Waals surface area contributed by atoms with Gasteiger partial charge in [-0.2, -0.15) is 0 Å². The lowest BCUT2D eigenvalue weighted by molar-refractivity contribution is -0.148. The maximum Gasteiger partial charge on any atom is 0.306 e. The van der Waals surface area contributed by atoms with Gasteiger partial charge in [-0.15, -0.1) is 0 Å². The number of rotatable bonds is 6. The van der Waals surface area contributed by atoms with Gasteiger partial charge < -0.3 is 15.8 Å². The summed E-state index contributed by atoms with van der Waals surface area (Å²) in [5, 5.41) is 2.55. The van der Waals surface area contributed by atoms with Crippen LogP contribution in [-0.2, 0) is 14.3 Å². The Kier molecular flexibility index (Phi) is 4.83.